The molecule has 1 saturated heterocycles. The van der Waals surface area contributed by atoms with E-state index in [-0.39, 0.29) is 5.82 Å². The lowest BCUT2D eigenvalue weighted by atomic mass is 10.1. The monoisotopic (exact) mass is 301 g/mol. The molecule has 1 aliphatic heterocycles. The second-order valence-corrected chi connectivity index (χ2v) is 5.30. The van der Waals surface area contributed by atoms with Gasteiger partial charge in [-0.3, -0.25) is 4.90 Å². The molecule has 2 nitrogen and oxygen atoms in total. The summed E-state index contributed by atoms with van der Waals surface area (Å²) in [5.41, 5.74) is 1.14. The first-order chi connectivity index (χ1) is 8.19. The highest BCUT2D eigenvalue weighted by Gasteiger charge is 2.19. The standard InChI is InChI=1S/C13H17BrFNO/c1-17-12-4-6-16(7-5-12)9-10-2-3-11(15)8-13(10)14/h2-3,8,12H,4-7,9H2,1H3. The minimum absolute atomic E-state index is 0.196. The van der Waals surface area contributed by atoms with Crippen molar-refractivity contribution in [1.29, 1.82) is 0 Å². The molecule has 1 aromatic carbocycles. The van der Waals surface area contributed by atoms with Gasteiger partial charge in [0.25, 0.3) is 0 Å². The molecule has 0 N–H and O–H groups in total. The van der Waals surface area contributed by atoms with Crippen molar-refractivity contribution in [3.8, 4) is 0 Å². The van der Waals surface area contributed by atoms with Gasteiger partial charge in [-0.1, -0.05) is 22.0 Å². The predicted molar refractivity (Wildman–Crippen MR) is 69.4 cm³/mol. The summed E-state index contributed by atoms with van der Waals surface area (Å²) >= 11 is 3.41. The Morgan fingerprint density at radius 3 is 2.71 bits per heavy atom. The van der Waals surface area contributed by atoms with Crippen LogP contribution in [0.3, 0.4) is 0 Å². The van der Waals surface area contributed by atoms with Crippen LogP contribution in [0.2, 0.25) is 0 Å². The molecule has 17 heavy (non-hydrogen) atoms. The van der Waals surface area contributed by atoms with Crippen molar-refractivity contribution >= 4 is 15.9 Å². The number of methoxy groups -OCH3 is 1. The maximum Gasteiger partial charge on any atom is 0.124 e. The normalized spacial score (nSPS) is 18.5. The van der Waals surface area contributed by atoms with Gasteiger partial charge >= 0.3 is 0 Å². The molecule has 2 rings (SSSR count). The van der Waals surface area contributed by atoms with Gasteiger partial charge in [0.1, 0.15) is 5.82 Å². The van der Waals surface area contributed by atoms with Crippen LogP contribution in [0.5, 0.6) is 0 Å². The van der Waals surface area contributed by atoms with Crippen molar-refractivity contribution in [3.05, 3.63) is 34.1 Å². The van der Waals surface area contributed by atoms with Crippen LogP contribution < -0.4 is 0 Å². The molecule has 0 bridgehead atoms. The number of nitrogens with zero attached hydrogens (tertiary/aromatic N) is 1. The van der Waals surface area contributed by atoms with Crippen molar-refractivity contribution in [2.24, 2.45) is 0 Å². The molecular formula is C13H17BrFNO. The van der Waals surface area contributed by atoms with E-state index < -0.39 is 0 Å². The summed E-state index contributed by atoms with van der Waals surface area (Å²) in [5, 5.41) is 0. The first-order valence-electron chi connectivity index (χ1n) is 5.88. The maximum atomic E-state index is 13.0. The van der Waals surface area contributed by atoms with Gasteiger partial charge in [0, 0.05) is 31.2 Å². The van der Waals surface area contributed by atoms with E-state index in [1.807, 2.05) is 6.07 Å². The highest BCUT2D eigenvalue weighted by Crippen LogP contribution is 2.22. The van der Waals surface area contributed by atoms with Crippen molar-refractivity contribution in [2.75, 3.05) is 20.2 Å². The smallest absolute Gasteiger partial charge is 0.124 e. The van der Waals surface area contributed by atoms with Crippen LogP contribution >= 0.6 is 15.9 Å². The summed E-state index contributed by atoms with van der Waals surface area (Å²) in [6.45, 7) is 2.96. The van der Waals surface area contributed by atoms with Crippen LogP contribution in [0.15, 0.2) is 22.7 Å². The lowest BCUT2D eigenvalue weighted by Crippen LogP contribution is -2.36. The number of benzene rings is 1. The first kappa shape index (κ1) is 13.0. The van der Waals surface area contributed by atoms with Gasteiger partial charge in [0.05, 0.1) is 6.10 Å². The third-order valence-electron chi connectivity index (χ3n) is 3.28. The van der Waals surface area contributed by atoms with E-state index in [0.29, 0.717) is 6.10 Å². The minimum Gasteiger partial charge on any atom is -0.381 e. The molecule has 94 valence electrons. The summed E-state index contributed by atoms with van der Waals surface area (Å²) in [4.78, 5) is 2.38. The Labute approximate surface area is 110 Å². The lowest BCUT2D eigenvalue weighted by molar-refractivity contribution is 0.0388. The average Bonchev–Trinajstić information content (AvgIpc) is 2.34. The largest absolute Gasteiger partial charge is 0.381 e. The summed E-state index contributed by atoms with van der Waals surface area (Å²) in [6, 6.07) is 4.89. The van der Waals surface area contributed by atoms with E-state index in [1.165, 1.54) is 12.1 Å². The van der Waals surface area contributed by atoms with E-state index in [1.54, 1.807) is 7.11 Å². The molecule has 1 fully saturated rings. The fraction of sp³-hybridized carbons (Fsp3) is 0.538. The summed E-state index contributed by atoms with van der Waals surface area (Å²) < 4.78 is 19.2. The Hall–Kier alpha value is -0.450. The molecule has 0 amide bonds. The molecule has 0 aliphatic carbocycles. The molecule has 0 saturated carbocycles. The zero-order valence-corrected chi connectivity index (χ0v) is 11.5. The average molecular weight is 302 g/mol. The molecule has 4 heteroatoms. The molecule has 1 heterocycles. The third-order valence-corrected chi connectivity index (χ3v) is 4.02. The molecule has 0 radical (unpaired) electrons. The van der Waals surface area contributed by atoms with Crippen molar-refractivity contribution < 1.29 is 9.13 Å². The van der Waals surface area contributed by atoms with Gasteiger partial charge in [0.2, 0.25) is 0 Å². The summed E-state index contributed by atoms with van der Waals surface area (Å²) in [5.74, 6) is -0.196. The lowest BCUT2D eigenvalue weighted by Gasteiger charge is -2.31. The quantitative estimate of drug-likeness (QED) is 0.850. The SMILES string of the molecule is COC1CCN(Cc2ccc(F)cc2Br)CC1. The topological polar surface area (TPSA) is 12.5 Å². The second-order valence-electron chi connectivity index (χ2n) is 4.45. The number of hydrogen-bond acceptors (Lipinski definition) is 2. The van der Waals surface area contributed by atoms with Gasteiger partial charge in [-0.2, -0.15) is 0 Å². The van der Waals surface area contributed by atoms with Crippen molar-refractivity contribution in [3.63, 3.8) is 0 Å². The Morgan fingerprint density at radius 1 is 1.41 bits per heavy atom. The molecule has 0 spiro atoms. The Balaban J connectivity index is 1.93. The Morgan fingerprint density at radius 2 is 2.12 bits per heavy atom. The number of piperidine rings is 1. The van der Waals surface area contributed by atoms with Crippen LogP contribution in [-0.4, -0.2) is 31.2 Å². The Kier molecular flexibility index (Phi) is 4.54. The van der Waals surface area contributed by atoms with Gasteiger partial charge in [-0.05, 0) is 30.5 Å². The molecule has 1 aliphatic rings. The van der Waals surface area contributed by atoms with E-state index >= 15 is 0 Å². The fourth-order valence-electron chi connectivity index (χ4n) is 2.19. The third kappa shape index (κ3) is 3.50. The highest BCUT2D eigenvalue weighted by molar-refractivity contribution is 9.10. The molecule has 0 aromatic heterocycles. The highest BCUT2D eigenvalue weighted by atomic mass is 79.9. The van der Waals surface area contributed by atoms with Gasteiger partial charge in [0.15, 0.2) is 0 Å². The molecular weight excluding hydrogens is 285 g/mol. The predicted octanol–water partition coefficient (Wildman–Crippen LogP) is 3.20. The molecule has 1 aromatic rings. The zero-order chi connectivity index (χ0) is 12.3. The van der Waals surface area contributed by atoms with Crippen LogP contribution in [0, 0.1) is 5.82 Å². The first-order valence-corrected chi connectivity index (χ1v) is 6.67. The number of rotatable bonds is 3. The van der Waals surface area contributed by atoms with Crippen LogP contribution in [0.4, 0.5) is 4.39 Å². The molecule has 0 unspecified atom stereocenters. The number of halogens is 2. The Bertz CT molecular complexity index is 378. The fourth-order valence-corrected chi connectivity index (χ4v) is 2.67. The maximum absolute atomic E-state index is 13.0. The zero-order valence-electron chi connectivity index (χ0n) is 9.96. The van der Waals surface area contributed by atoms with E-state index in [2.05, 4.69) is 20.8 Å². The molecule has 0 atom stereocenters. The number of likely N-dealkylation sites (tertiary alicyclic amines) is 1. The van der Waals surface area contributed by atoms with Crippen molar-refractivity contribution in [1.82, 2.24) is 4.90 Å². The second kappa shape index (κ2) is 5.94. The van der Waals surface area contributed by atoms with Crippen molar-refractivity contribution in [2.45, 2.75) is 25.5 Å². The van der Waals surface area contributed by atoms with Gasteiger partial charge < -0.3 is 4.74 Å². The van der Waals surface area contributed by atoms with Crippen LogP contribution in [-0.2, 0) is 11.3 Å². The minimum atomic E-state index is -0.196. The van der Waals surface area contributed by atoms with Crippen LogP contribution in [0.25, 0.3) is 0 Å². The van der Waals surface area contributed by atoms with Gasteiger partial charge in [-0.15, -0.1) is 0 Å². The summed E-state index contributed by atoms with van der Waals surface area (Å²) in [7, 11) is 1.77. The van der Waals surface area contributed by atoms with Gasteiger partial charge in [-0.25, -0.2) is 4.39 Å². The van der Waals surface area contributed by atoms with Crippen LogP contribution in [0.1, 0.15) is 18.4 Å². The van der Waals surface area contributed by atoms with E-state index in [4.69, 9.17) is 4.74 Å². The van der Waals surface area contributed by atoms with E-state index in [9.17, 15) is 4.39 Å². The summed E-state index contributed by atoms with van der Waals surface area (Å²) in [6.07, 6.45) is 2.56. The van der Waals surface area contributed by atoms with E-state index in [0.717, 1.165) is 42.5 Å². The number of hydrogen-bond donors (Lipinski definition) is 0. The number of ether oxygens (including phenoxy) is 1.